The number of rotatable bonds is 11. The summed E-state index contributed by atoms with van der Waals surface area (Å²) in [7, 11) is 0. The van der Waals surface area contributed by atoms with E-state index in [1.165, 1.54) is 6.08 Å². The molecule has 228 valence electrons. The second-order valence-electron chi connectivity index (χ2n) is 10.4. The summed E-state index contributed by atoms with van der Waals surface area (Å²) in [5, 5.41) is 29.0. The normalized spacial score (nSPS) is 24.5. The monoisotopic (exact) mass is 562 g/mol. The van der Waals surface area contributed by atoms with E-state index in [1.807, 2.05) is 32.9 Å². The summed E-state index contributed by atoms with van der Waals surface area (Å²) in [5.41, 5.74) is 0.446. The van der Waals surface area contributed by atoms with Crippen LogP contribution in [0.4, 0.5) is 0 Å². The molecule has 0 fully saturated rings. The summed E-state index contributed by atoms with van der Waals surface area (Å²) in [4.78, 5) is 25.3. The predicted molar refractivity (Wildman–Crippen MR) is 161 cm³/mol. The Morgan fingerprint density at radius 3 is 2.42 bits per heavy atom. The molecular weight excluding hydrogens is 508 g/mol. The molecule has 40 heavy (non-hydrogen) atoms. The van der Waals surface area contributed by atoms with Crippen molar-refractivity contribution in [3.8, 4) is 0 Å². The fourth-order valence-corrected chi connectivity index (χ4v) is 4.04. The molecule has 3 N–H and O–H groups in total. The molecule has 0 radical (unpaired) electrons. The van der Waals surface area contributed by atoms with Crippen LogP contribution in [0.5, 0.6) is 0 Å². The zero-order valence-electron chi connectivity index (χ0n) is 25.7. The maximum Gasteiger partial charge on any atom is 0.338 e. The summed E-state index contributed by atoms with van der Waals surface area (Å²) >= 11 is 0. The molecular formula is C33H54O7. The van der Waals surface area contributed by atoms with E-state index in [2.05, 4.69) is 26.8 Å². The van der Waals surface area contributed by atoms with Gasteiger partial charge in [-0.15, -0.1) is 0 Å². The Labute approximate surface area is 242 Å². The average Bonchev–Trinajstić information content (AvgIpc) is 2.90. The van der Waals surface area contributed by atoms with Crippen LogP contribution in [-0.4, -0.2) is 57.8 Å². The van der Waals surface area contributed by atoms with E-state index >= 15 is 0 Å². The van der Waals surface area contributed by atoms with Crippen molar-refractivity contribution in [2.24, 2.45) is 11.8 Å². The van der Waals surface area contributed by atoms with Gasteiger partial charge in [-0.25, -0.2) is 4.79 Å². The number of hydrogen-bond acceptors (Lipinski definition) is 7. The van der Waals surface area contributed by atoms with Gasteiger partial charge in [0, 0.05) is 19.3 Å². The smallest absolute Gasteiger partial charge is 0.338 e. The van der Waals surface area contributed by atoms with Crippen LogP contribution in [0, 0.1) is 11.8 Å². The minimum Gasteiger partial charge on any atom is -0.462 e. The second-order valence-corrected chi connectivity index (χ2v) is 10.4. The van der Waals surface area contributed by atoms with Gasteiger partial charge in [0.1, 0.15) is 12.2 Å². The number of cyclic esters (lactones) is 1. The van der Waals surface area contributed by atoms with Crippen LogP contribution < -0.4 is 0 Å². The maximum absolute atomic E-state index is 13.0. The number of hydrogen-bond donors (Lipinski definition) is 3. The highest BCUT2D eigenvalue weighted by atomic mass is 16.5. The SMILES string of the molecule is C/C=C\C(=C/C/C=C/C=C/C(O)C(O)CC(C)O)C(=O)OC1CCCC(=O)OC(C(C)C)C/C=C/CC1C.CC. The van der Waals surface area contributed by atoms with Crippen molar-refractivity contribution in [3.63, 3.8) is 0 Å². The second kappa shape index (κ2) is 22.2. The first-order chi connectivity index (χ1) is 19.0. The molecule has 0 aliphatic carbocycles. The molecule has 0 bridgehead atoms. The molecule has 0 amide bonds. The van der Waals surface area contributed by atoms with Crippen LogP contribution in [-0.2, 0) is 19.1 Å². The molecule has 0 aromatic heterocycles. The molecule has 0 aromatic carbocycles. The number of esters is 2. The van der Waals surface area contributed by atoms with Gasteiger partial charge < -0.3 is 24.8 Å². The van der Waals surface area contributed by atoms with Gasteiger partial charge in [-0.2, -0.15) is 0 Å². The molecule has 0 spiro atoms. The molecule has 7 heteroatoms. The number of carbonyl (C=O) groups is 2. The third-order valence-corrected chi connectivity index (χ3v) is 6.42. The van der Waals surface area contributed by atoms with Crippen molar-refractivity contribution in [2.75, 3.05) is 0 Å². The van der Waals surface area contributed by atoms with Crippen LogP contribution in [0.2, 0.25) is 0 Å². The highest BCUT2D eigenvalue weighted by Crippen LogP contribution is 2.23. The molecule has 6 unspecified atom stereocenters. The lowest BCUT2D eigenvalue weighted by atomic mass is 9.94. The topological polar surface area (TPSA) is 113 Å². The third-order valence-electron chi connectivity index (χ3n) is 6.42. The molecule has 0 saturated heterocycles. The molecule has 0 aromatic rings. The van der Waals surface area contributed by atoms with Gasteiger partial charge >= 0.3 is 11.9 Å². The van der Waals surface area contributed by atoms with E-state index in [4.69, 9.17) is 9.47 Å². The lowest BCUT2D eigenvalue weighted by Gasteiger charge is -2.25. The molecule has 0 saturated carbocycles. The van der Waals surface area contributed by atoms with E-state index in [-0.39, 0.29) is 36.4 Å². The van der Waals surface area contributed by atoms with Crippen LogP contribution in [0.15, 0.2) is 60.3 Å². The Morgan fingerprint density at radius 1 is 1.12 bits per heavy atom. The van der Waals surface area contributed by atoms with Crippen LogP contribution in [0.1, 0.15) is 93.4 Å². The van der Waals surface area contributed by atoms with Gasteiger partial charge in [-0.1, -0.05) is 89.3 Å². The van der Waals surface area contributed by atoms with Crippen LogP contribution in [0.3, 0.4) is 0 Å². The molecule has 1 aliphatic heterocycles. The Morgan fingerprint density at radius 2 is 1.80 bits per heavy atom. The number of carbonyl (C=O) groups excluding carboxylic acids is 2. The first-order valence-electron chi connectivity index (χ1n) is 14.8. The van der Waals surface area contributed by atoms with E-state index < -0.39 is 24.3 Å². The van der Waals surface area contributed by atoms with Crippen molar-refractivity contribution in [3.05, 3.63) is 60.3 Å². The summed E-state index contributed by atoms with van der Waals surface area (Å²) in [6, 6.07) is 0. The average molecular weight is 563 g/mol. The van der Waals surface area contributed by atoms with E-state index in [0.29, 0.717) is 37.7 Å². The van der Waals surface area contributed by atoms with Gasteiger partial charge in [-0.3, -0.25) is 4.79 Å². The fraction of sp³-hybridized carbons (Fsp3) is 0.636. The standard InChI is InChI=1S/C31H48O7.C2H6/c1-6-14-25(16-9-7-8-10-17-26(33)27(34)21-24(5)32)31(36)38-29-19-13-20-30(35)37-28(22(2)3)18-12-11-15-23(29)4;1-2/h6-8,10-12,14,16-17,22-24,26-29,32-34H,9,13,15,18-21H2,1-5H3;1-2H3/b8-7+,12-11+,14-6-,17-10+,25-16+;. The quantitative estimate of drug-likeness (QED) is 0.120. The lowest BCUT2D eigenvalue weighted by Crippen LogP contribution is -2.27. The number of allylic oxidation sites excluding steroid dienone is 6. The van der Waals surface area contributed by atoms with Crippen LogP contribution >= 0.6 is 0 Å². The fourth-order valence-electron chi connectivity index (χ4n) is 4.04. The summed E-state index contributed by atoms with van der Waals surface area (Å²) in [6.07, 6.45) is 16.2. The largest absolute Gasteiger partial charge is 0.462 e. The maximum atomic E-state index is 13.0. The third kappa shape index (κ3) is 16.6. The van der Waals surface area contributed by atoms with Gasteiger partial charge in [0.05, 0.1) is 23.9 Å². The molecule has 1 heterocycles. The van der Waals surface area contributed by atoms with Crippen molar-refractivity contribution in [1.29, 1.82) is 0 Å². The predicted octanol–water partition coefficient (Wildman–Crippen LogP) is 6.15. The minimum atomic E-state index is -1.07. The lowest BCUT2D eigenvalue weighted by molar-refractivity contribution is -0.151. The highest BCUT2D eigenvalue weighted by molar-refractivity contribution is 5.91. The van der Waals surface area contributed by atoms with Gasteiger partial charge in [0.2, 0.25) is 0 Å². The van der Waals surface area contributed by atoms with Crippen molar-refractivity contribution in [2.45, 2.75) is 124 Å². The molecule has 1 rings (SSSR count). The van der Waals surface area contributed by atoms with Gasteiger partial charge in [-0.05, 0) is 51.4 Å². The summed E-state index contributed by atoms with van der Waals surface area (Å²) < 4.78 is 11.6. The summed E-state index contributed by atoms with van der Waals surface area (Å²) in [5.74, 6) is -0.258. The Balaban J connectivity index is 0.00000742. The van der Waals surface area contributed by atoms with Gasteiger partial charge in [0.15, 0.2) is 0 Å². The highest BCUT2D eigenvalue weighted by Gasteiger charge is 2.24. The van der Waals surface area contributed by atoms with E-state index in [9.17, 15) is 24.9 Å². The van der Waals surface area contributed by atoms with Crippen LogP contribution in [0.25, 0.3) is 0 Å². The van der Waals surface area contributed by atoms with E-state index in [1.54, 1.807) is 37.3 Å². The van der Waals surface area contributed by atoms with Crippen molar-refractivity contribution >= 4 is 11.9 Å². The molecule has 7 nitrogen and oxygen atoms in total. The summed E-state index contributed by atoms with van der Waals surface area (Å²) in [6.45, 7) is 13.5. The zero-order chi connectivity index (χ0) is 30.5. The van der Waals surface area contributed by atoms with Crippen molar-refractivity contribution < 1.29 is 34.4 Å². The molecule has 6 atom stereocenters. The Hall–Kier alpha value is -2.48. The van der Waals surface area contributed by atoms with Gasteiger partial charge in [0.25, 0.3) is 0 Å². The Kier molecular flexibility index (Phi) is 20.9. The first-order valence-corrected chi connectivity index (χ1v) is 14.8. The zero-order valence-corrected chi connectivity index (χ0v) is 25.7. The van der Waals surface area contributed by atoms with Crippen molar-refractivity contribution in [1.82, 2.24) is 0 Å². The number of ether oxygens (including phenoxy) is 2. The van der Waals surface area contributed by atoms with E-state index in [0.717, 1.165) is 6.42 Å². The minimum absolute atomic E-state index is 0.0887. The molecule has 1 aliphatic rings. The Bertz CT molecular complexity index is 851. The number of aliphatic hydroxyl groups excluding tert-OH is 3. The first kappa shape index (κ1) is 37.5. The number of aliphatic hydroxyl groups is 3.